The van der Waals surface area contributed by atoms with Gasteiger partial charge in [0.2, 0.25) is 11.8 Å². The average molecular weight is 354 g/mol. The van der Waals surface area contributed by atoms with Gasteiger partial charge in [-0.2, -0.15) is 0 Å². The zero-order valence-corrected chi connectivity index (χ0v) is 15.0. The highest BCUT2D eigenvalue weighted by atomic mass is 16.5. The molecule has 26 heavy (non-hydrogen) atoms. The number of nitrogens with two attached hydrogens (primary N) is 1. The number of methoxy groups -OCH3 is 1. The van der Waals surface area contributed by atoms with Crippen molar-refractivity contribution in [1.82, 2.24) is 0 Å². The number of carbonyl (C=O) groups excluding carboxylic acids is 2. The minimum atomic E-state index is -0.512. The summed E-state index contributed by atoms with van der Waals surface area (Å²) in [4.78, 5) is 23.1. The molecule has 0 saturated carbocycles. The molecular formula is C20H22N2O4. The number of anilines is 1. The number of rotatable bonds is 7. The first-order chi connectivity index (χ1) is 12.4. The highest BCUT2D eigenvalue weighted by molar-refractivity contribution is 6.02. The van der Waals surface area contributed by atoms with Gasteiger partial charge in [-0.05, 0) is 61.9 Å². The van der Waals surface area contributed by atoms with Gasteiger partial charge in [0, 0.05) is 17.3 Å². The molecule has 2 rings (SSSR count). The van der Waals surface area contributed by atoms with Crippen molar-refractivity contribution in [3.63, 3.8) is 0 Å². The summed E-state index contributed by atoms with van der Waals surface area (Å²) in [6.07, 6.45) is 3.13. The third-order valence-electron chi connectivity index (χ3n) is 3.41. The zero-order valence-electron chi connectivity index (χ0n) is 15.0. The number of ether oxygens (including phenoxy) is 2. The third-order valence-corrected chi connectivity index (χ3v) is 3.41. The molecule has 0 unspecified atom stereocenters. The van der Waals surface area contributed by atoms with Crippen LogP contribution in [-0.4, -0.2) is 25.0 Å². The van der Waals surface area contributed by atoms with Crippen LogP contribution in [0.5, 0.6) is 11.5 Å². The van der Waals surface area contributed by atoms with Crippen molar-refractivity contribution >= 4 is 23.6 Å². The van der Waals surface area contributed by atoms with E-state index in [-0.39, 0.29) is 12.0 Å². The number of hydrogen-bond acceptors (Lipinski definition) is 4. The Balaban J connectivity index is 2.04. The maximum atomic E-state index is 12.0. The molecule has 0 aromatic heterocycles. The summed E-state index contributed by atoms with van der Waals surface area (Å²) in [5.41, 5.74) is 6.94. The lowest BCUT2D eigenvalue weighted by Crippen LogP contribution is -2.11. The second-order valence-corrected chi connectivity index (χ2v) is 5.84. The third kappa shape index (κ3) is 5.37. The Hall–Kier alpha value is -3.28. The molecule has 0 bridgehead atoms. The first kappa shape index (κ1) is 19.1. The average Bonchev–Trinajstić information content (AvgIpc) is 2.60. The minimum absolute atomic E-state index is 0.0389. The number of hydrogen-bond donors (Lipinski definition) is 2. The van der Waals surface area contributed by atoms with Gasteiger partial charge >= 0.3 is 0 Å². The Morgan fingerprint density at radius 2 is 1.77 bits per heavy atom. The van der Waals surface area contributed by atoms with Crippen LogP contribution in [0.2, 0.25) is 0 Å². The zero-order chi connectivity index (χ0) is 19.1. The van der Waals surface area contributed by atoms with Crippen molar-refractivity contribution in [3.05, 3.63) is 59.7 Å². The van der Waals surface area contributed by atoms with Crippen LogP contribution in [0.15, 0.2) is 48.5 Å². The highest BCUT2D eigenvalue weighted by Crippen LogP contribution is 2.29. The SMILES string of the molecule is COc1cc(/C=C/C(=O)Nc2ccc(C(N)=O)cc2)ccc1OC(C)C. The van der Waals surface area contributed by atoms with Gasteiger partial charge in [0.1, 0.15) is 0 Å². The molecule has 6 heteroatoms. The highest BCUT2D eigenvalue weighted by Gasteiger charge is 2.07. The van der Waals surface area contributed by atoms with Crippen molar-refractivity contribution in [2.45, 2.75) is 20.0 Å². The Morgan fingerprint density at radius 1 is 1.08 bits per heavy atom. The molecule has 2 aromatic carbocycles. The van der Waals surface area contributed by atoms with Crippen LogP contribution in [-0.2, 0) is 4.79 Å². The van der Waals surface area contributed by atoms with Gasteiger partial charge in [-0.15, -0.1) is 0 Å². The molecule has 136 valence electrons. The van der Waals surface area contributed by atoms with Crippen LogP contribution in [0.25, 0.3) is 6.08 Å². The summed E-state index contributed by atoms with van der Waals surface area (Å²) in [6.45, 7) is 3.88. The number of amides is 2. The lowest BCUT2D eigenvalue weighted by molar-refractivity contribution is -0.111. The molecule has 0 spiro atoms. The molecule has 2 aromatic rings. The quantitative estimate of drug-likeness (QED) is 0.747. The molecule has 0 atom stereocenters. The summed E-state index contributed by atoms with van der Waals surface area (Å²) in [5.74, 6) is 0.446. The fourth-order valence-electron chi connectivity index (χ4n) is 2.21. The van der Waals surface area contributed by atoms with E-state index in [1.165, 1.54) is 6.08 Å². The first-order valence-electron chi connectivity index (χ1n) is 8.12. The Kier molecular flexibility index (Phi) is 6.38. The van der Waals surface area contributed by atoms with E-state index in [0.29, 0.717) is 22.7 Å². The van der Waals surface area contributed by atoms with Crippen LogP contribution in [0.3, 0.4) is 0 Å². The monoisotopic (exact) mass is 354 g/mol. The van der Waals surface area contributed by atoms with Gasteiger partial charge in [0.15, 0.2) is 11.5 Å². The summed E-state index contributed by atoms with van der Waals surface area (Å²) in [7, 11) is 1.57. The number of carbonyl (C=O) groups is 2. The van der Waals surface area contributed by atoms with Crippen LogP contribution in [0.4, 0.5) is 5.69 Å². The summed E-state index contributed by atoms with van der Waals surface area (Å²) in [5, 5.41) is 2.71. The number of nitrogens with one attached hydrogen (secondary N) is 1. The van der Waals surface area contributed by atoms with Gasteiger partial charge in [-0.3, -0.25) is 9.59 Å². The van der Waals surface area contributed by atoms with E-state index in [4.69, 9.17) is 15.2 Å². The maximum Gasteiger partial charge on any atom is 0.248 e. The number of benzene rings is 2. The largest absolute Gasteiger partial charge is 0.493 e. The van der Waals surface area contributed by atoms with Crippen LogP contribution in [0.1, 0.15) is 29.8 Å². The van der Waals surface area contributed by atoms with E-state index in [1.54, 1.807) is 49.6 Å². The molecule has 2 amide bonds. The molecule has 0 radical (unpaired) electrons. The van der Waals surface area contributed by atoms with E-state index in [0.717, 1.165) is 5.56 Å². The summed E-state index contributed by atoms with van der Waals surface area (Å²) >= 11 is 0. The van der Waals surface area contributed by atoms with Crippen LogP contribution in [0, 0.1) is 0 Å². The fourth-order valence-corrected chi connectivity index (χ4v) is 2.21. The lowest BCUT2D eigenvalue weighted by Gasteiger charge is -2.13. The Labute approximate surface area is 152 Å². The second kappa shape index (κ2) is 8.71. The number of primary amides is 1. The van der Waals surface area contributed by atoms with Crippen molar-refractivity contribution in [3.8, 4) is 11.5 Å². The van der Waals surface area contributed by atoms with E-state index < -0.39 is 5.91 Å². The van der Waals surface area contributed by atoms with Crippen molar-refractivity contribution < 1.29 is 19.1 Å². The van der Waals surface area contributed by atoms with E-state index in [1.807, 2.05) is 19.9 Å². The molecule has 3 N–H and O–H groups in total. The predicted molar refractivity (Wildman–Crippen MR) is 101 cm³/mol. The van der Waals surface area contributed by atoms with Gasteiger partial charge < -0.3 is 20.5 Å². The minimum Gasteiger partial charge on any atom is -0.493 e. The van der Waals surface area contributed by atoms with E-state index in [9.17, 15) is 9.59 Å². The van der Waals surface area contributed by atoms with Gasteiger partial charge in [-0.25, -0.2) is 0 Å². The molecular weight excluding hydrogens is 332 g/mol. The van der Waals surface area contributed by atoms with Crippen molar-refractivity contribution in [2.24, 2.45) is 5.73 Å². The normalized spacial score (nSPS) is 10.8. The maximum absolute atomic E-state index is 12.0. The van der Waals surface area contributed by atoms with Crippen LogP contribution < -0.4 is 20.5 Å². The molecule has 0 saturated heterocycles. The lowest BCUT2D eigenvalue weighted by atomic mass is 10.1. The van der Waals surface area contributed by atoms with E-state index >= 15 is 0 Å². The molecule has 0 fully saturated rings. The molecule has 0 heterocycles. The van der Waals surface area contributed by atoms with Crippen molar-refractivity contribution in [1.29, 1.82) is 0 Å². The molecule has 0 aliphatic heterocycles. The summed E-state index contributed by atoms with van der Waals surface area (Å²) < 4.78 is 11.0. The smallest absolute Gasteiger partial charge is 0.248 e. The van der Waals surface area contributed by atoms with Gasteiger partial charge in [0.05, 0.1) is 13.2 Å². The van der Waals surface area contributed by atoms with Gasteiger partial charge in [-0.1, -0.05) is 6.07 Å². The second-order valence-electron chi connectivity index (χ2n) is 5.84. The topological polar surface area (TPSA) is 90.6 Å². The first-order valence-corrected chi connectivity index (χ1v) is 8.12. The summed E-state index contributed by atoms with van der Waals surface area (Å²) in [6, 6.07) is 11.8. The van der Waals surface area contributed by atoms with Gasteiger partial charge in [0.25, 0.3) is 0 Å². The van der Waals surface area contributed by atoms with Crippen LogP contribution >= 0.6 is 0 Å². The van der Waals surface area contributed by atoms with E-state index in [2.05, 4.69) is 5.32 Å². The standard InChI is InChI=1S/C20H22N2O4/c1-13(2)26-17-10-4-14(12-18(17)25-3)5-11-19(23)22-16-8-6-15(7-9-16)20(21)24/h4-13H,1-3H3,(H2,21,24)(H,22,23)/b11-5+. The fraction of sp³-hybridized carbons (Fsp3) is 0.200. The Morgan fingerprint density at radius 3 is 2.35 bits per heavy atom. The van der Waals surface area contributed by atoms with Crippen molar-refractivity contribution in [2.75, 3.05) is 12.4 Å². The molecule has 6 nitrogen and oxygen atoms in total. The Bertz CT molecular complexity index is 811. The predicted octanol–water partition coefficient (Wildman–Crippen LogP) is 3.23. The molecule has 0 aliphatic carbocycles. The molecule has 0 aliphatic rings.